The fourth-order valence-electron chi connectivity index (χ4n) is 1.74. The van der Waals surface area contributed by atoms with Gasteiger partial charge in [-0.15, -0.1) is 0 Å². The Balaban J connectivity index is 2.02. The molecule has 6 heteroatoms. The van der Waals surface area contributed by atoms with E-state index in [0.29, 0.717) is 18.0 Å². The summed E-state index contributed by atoms with van der Waals surface area (Å²) < 4.78 is 6.69. The Morgan fingerprint density at radius 1 is 1.50 bits per heavy atom. The number of anilines is 1. The quantitative estimate of drug-likeness (QED) is 0.718. The molecule has 2 aromatic heterocycles. The van der Waals surface area contributed by atoms with Gasteiger partial charge in [0.2, 0.25) is 0 Å². The average molecular weight is 218 g/mol. The van der Waals surface area contributed by atoms with Crippen molar-refractivity contribution in [2.24, 2.45) is 0 Å². The molecule has 1 saturated heterocycles. The summed E-state index contributed by atoms with van der Waals surface area (Å²) in [6.45, 7) is 2.39. The molecule has 16 heavy (non-hydrogen) atoms. The van der Waals surface area contributed by atoms with E-state index < -0.39 is 0 Å². The lowest BCUT2D eigenvalue weighted by atomic mass is 10.4. The minimum absolute atomic E-state index is 0.0876. The molecule has 1 aliphatic rings. The van der Waals surface area contributed by atoms with Gasteiger partial charge in [0.05, 0.1) is 12.7 Å². The van der Waals surface area contributed by atoms with Crippen LogP contribution in [0.25, 0.3) is 5.65 Å². The second kappa shape index (κ2) is 3.19. The Bertz CT molecular complexity index is 550. The molecule has 0 radical (unpaired) electrons. The largest absolute Gasteiger partial charge is 0.444 e. The lowest BCUT2D eigenvalue weighted by molar-refractivity contribution is 0.150. The summed E-state index contributed by atoms with van der Waals surface area (Å²) in [5.74, 6) is 0.599. The van der Waals surface area contributed by atoms with Gasteiger partial charge in [0.25, 0.3) is 0 Å². The highest BCUT2D eigenvalue weighted by Crippen LogP contribution is 2.19. The molecule has 82 valence electrons. The van der Waals surface area contributed by atoms with Gasteiger partial charge in [-0.2, -0.15) is 5.10 Å². The Hall–Kier alpha value is -2.11. The minimum Gasteiger partial charge on any atom is -0.444 e. The molecule has 3 rings (SSSR count). The number of aromatic nitrogens is 3. The number of cyclic esters (lactones) is 1. The van der Waals surface area contributed by atoms with Gasteiger partial charge in [-0.3, -0.25) is 4.90 Å². The van der Waals surface area contributed by atoms with Gasteiger partial charge in [-0.25, -0.2) is 14.3 Å². The summed E-state index contributed by atoms with van der Waals surface area (Å²) in [6, 6.07) is 3.54. The molecule has 2 aromatic rings. The molecule has 0 bridgehead atoms. The van der Waals surface area contributed by atoms with Crippen LogP contribution in [0.5, 0.6) is 0 Å². The maximum atomic E-state index is 11.5. The Labute approximate surface area is 91.4 Å². The third-order valence-electron chi connectivity index (χ3n) is 2.48. The van der Waals surface area contributed by atoms with Crippen LogP contribution in [-0.4, -0.2) is 33.3 Å². The van der Waals surface area contributed by atoms with E-state index >= 15 is 0 Å². The third kappa shape index (κ3) is 1.30. The second-order valence-corrected chi connectivity index (χ2v) is 3.72. The number of amides is 1. The number of carbonyl (C=O) groups excluding carboxylic acids is 1. The highest BCUT2D eigenvalue weighted by Gasteiger charge is 2.30. The number of carbonyl (C=O) groups is 1. The molecule has 1 unspecified atom stereocenters. The molecule has 6 nitrogen and oxygen atoms in total. The van der Waals surface area contributed by atoms with Crippen LogP contribution in [0.15, 0.2) is 24.5 Å². The maximum absolute atomic E-state index is 11.5. The van der Waals surface area contributed by atoms with Gasteiger partial charge in [0.1, 0.15) is 11.9 Å². The molecule has 0 N–H and O–H groups in total. The fraction of sp³-hybridized carbons (Fsp3) is 0.300. The van der Waals surface area contributed by atoms with Gasteiger partial charge >= 0.3 is 6.09 Å². The predicted octanol–water partition coefficient (Wildman–Crippen LogP) is 1.07. The van der Waals surface area contributed by atoms with E-state index in [1.165, 1.54) is 4.90 Å². The van der Waals surface area contributed by atoms with E-state index in [4.69, 9.17) is 4.74 Å². The molecular formula is C10H10N4O2. The summed E-state index contributed by atoms with van der Waals surface area (Å²) in [5.41, 5.74) is 0.713. The van der Waals surface area contributed by atoms with Crippen LogP contribution < -0.4 is 4.90 Å². The topological polar surface area (TPSA) is 59.7 Å². The highest BCUT2D eigenvalue weighted by molar-refractivity contribution is 5.88. The zero-order valence-electron chi connectivity index (χ0n) is 8.70. The van der Waals surface area contributed by atoms with E-state index in [1.807, 2.05) is 6.92 Å². The van der Waals surface area contributed by atoms with Gasteiger partial charge in [0, 0.05) is 12.3 Å². The molecule has 3 heterocycles. The summed E-state index contributed by atoms with van der Waals surface area (Å²) in [4.78, 5) is 17.4. The number of hydrogen-bond donors (Lipinski definition) is 0. The fourth-order valence-corrected chi connectivity index (χ4v) is 1.74. The molecule has 1 aliphatic heterocycles. The average Bonchev–Trinajstić information content (AvgIpc) is 2.83. The number of nitrogens with zero attached hydrogens (tertiary/aromatic N) is 4. The first-order valence-corrected chi connectivity index (χ1v) is 5.02. The van der Waals surface area contributed by atoms with Gasteiger partial charge in [0.15, 0.2) is 5.65 Å². The van der Waals surface area contributed by atoms with Crippen molar-refractivity contribution in [2.45, 2.75) is 13.0 Å². The first kappa shape index (κ1) is 9.14. The monoisotopic (exact) mass is 218 g/mol. The number of ether oxygens (including phenoxy) is 1. The summed E-state index contributed by atoms with van der Waals surface area (Å²) in [7, 11) is 0. The van der Waals surface area contributed by atoms with Crippen LogP contribution in [-0.2, 0) is 4.74 Å². The summed E-state index contributed by atoms with van der Waals surface area (Å²) in [6.07, 6.45) is 3.00. The van der Waals surface area contributed by atoms with Crippen LogP contribution in [0, 0.1) is 0 Å². The molecular weight excluding hydrogens is 208 g/mol. The standard InChI is InChI=1S/C10H10N4O2/c1-7-6-13(10(15)16-7)8-3-5-14-9(12-8)2-4-11-14/h2-5,7H,6H2,1H3. The molecule has 1 atom stereocenters. The predicted molar refractivity (Wildman–Crippen MR) is 56.3 cm³/mol. The van der Waals surface area contributed by atoms with Crippen molar-refractivity contribution in [1.29, 1.82) is 0 Å². The smallest absolute Gasteiger partial charge is 0.415 e. The Kier molecular flexibility index (Phi) is 1.82. The van der Waals surface area contributed by atoms with Crippen molar-refractivity contribution < 1.29 is 9.53 Å². The van der Waals surface area contributed by atoms with Crippen molar-refractivity contribution in [3.05, 3.63) is 24.5 Å². The summed E-state index contributed by atoms with van der Waals surface area (Å²) in [5, 5.41) is 4.04. The number of hydrogen-bond acceptors (Lipinski definition) is 4. The van der Waals surface area contributed by atoms with Crippen LogP contribution in [0.3, 0.4) is 0 Å². The summed E-state index contributed by atoms with van der Waals surface area (Å²) >= 11 is 0. The molecule has 0 aromatic carbocycles. The van der Waals surface area contributed by atoms with Crippen LogP contribution in [0.2, 0.25) is 0 Å². The van der Waals surface area contributed by atoms with Crippen LogP contribution in [0.4, 0.5) is 10.6 Å². The lowest BCUT2D eigenvalue weighted by Gasteiger charge is -2.10. The van der Waals surface area contributed by atoms with Crippen LogP contribution in [0.1, 0.15) is 6.92 Å². The Morgan fingerprint density at radius 2 is 2.38 bits per heavy atom. The number of fused-ring (bicyclic) bond motifs is 1. The molecule has 0 saturated carbocycles. The van der Waals surface area contributed by atoms with Crippen molar-refractivity contribution in [3.8, 4) is 0 Å². The van der Waals surface area contributed by atoms with E-state index in [0.717, 1.165) is 0 Å². The minimum atomic E-state index is -0.344. The van der Waals surface area contributed by atoms with Gasteiger partial charge in [-0.1, -0.05) is 0 Å². The second-order valence-electron chi connectivity index (χ2n) is 3.72. The normalized spacial score (nSPS) is 20.4. The van der Waals surface area contributed by atoms with E-state index in [9.17, 15) is 4.79 Å². The lowest BCUT2D eigenvalue weighted by Crippen LogP contribution is -2.25. The first-order chi connectivity index (χ1) is 7.74. The molecule has 1 amide bonds. The maximum Gasteiger partial charge on any atom is 0.415 e. The van der Waals surface area contributed by atoms with E-state index in [-0.39, 0.29) is 12.2 Å². The van der Waals surface area contributed by atoms with Crippen molar-refractivity contribution in [2.75, 3.05) is 11.4 Å². The molecule has 0 aliphatic carbocycles. The van der Waals surface area contributed by atoms with Crippen molar-refractivity contribution in [1.82, 2.24) is 14.6 Å². The highest BCUT2D eigenvalue weighted by atomic mass is 16.6. The van der Waals surface area contributed by atoms with Crippen molar-refractivity contribution in [3.63, 3.8) is 0 Å². The molecule has 0 spiro atoms. The number of rotatable bonds is 1. The third-order valence-corrected chi connectivity index (χ3v) is 2.48. The zero-order chi connectivity index (χ0) is 11.1. The zero-order valence-corrected chi connectivity index (χ0v) is 8.70. The van der Waals surface area contributed by atoms with Crippen molar-refractivity contribution >= 4 is 17.6 Å². The SMILES string of the molecule is CC1CN(c2ccn3nccc3n2)C(=O)O1. The first-order valence-electron chi connectivity index (χ1n) is 5.02. The van der Waals surface area contributed by atoms with Gasteiger partial charge in [-0.05, 0) is 13.0 Å². The Morgan fingerprint density at radius 3 is 3.12 bits per heavy atom. The van der Waals surface area contributed by atoms with Crippen LogP contribution >= 0.6 is 0 Å². The van der Waals surface area contributed by atoms with E-state index in [1.54, 1.807) is 29.0 Å². The van der Waals surface area contributed by atoms with Gasteiger partial charge < -0.3 is 4.74 Å². The molecule has 1 fully saturated rings. The van der Waals surface area contributed by atoms with E-state index in [2.05, 4.69) is 10.1 Å².